The predicted octanol–water partition coefficient (Wildman–Crippen LogP) is 2.16. The molecule has 0 radical (unpaired) electrons. The van der Waals surface area contributed by atoms with Crippen molar-refractivity contribution in [3.8, 4) is 0 Å². The Morgan fingerprint density at radius 3 is 2.61 bits per heavy atom. The summed E-state index contributed by atoms with van der Waals surface area (Å²) in [6.45, 7) is 0. The lowest BCUT2D eigenvalue weighted by Gasteiger charge is -2.18. The number of hydrazone groups is 1. The highest BCUT2D eigenvalue weighted by Crippen LogP contribution is 2.31. The van der Waals surface area contributed by atoms with Crippen LogP contribution in [0.15, 0.2) is 17.4 Å². The molecule has 4 nitrogen and oxygen atoms in total. The van der Waals surface area contributed by atoms with Crippen LogP contribution in [0.25, 0.3) is 0 Å². The summed E-state index contributed by atoms with van der Waals surface area (Å²) in [6, 6.07) is 0.825. The highest BCUT2D eigenvalue weighted by molar-refractivity contribution is 7.80. The zero-order chi connectivity index (χ0) is 13.5. The molecule has 0 saturated carbocycles. The molecule has 2 rings (SSSR count). The predicted molar refractivity (Wildman–Crippen MR) is 64.5 cm³/mol. The normalized spacial score (nSPS) is 19.8. The molecule has 0 fully saturated rings. The SMILES string of the molecule is CN1C(c2ncc(C(F)(F)F)cc2Cl)=NNC1S. The highest BCUT2D eigenvalue weighted by Gasteiger charge is 2.33. The van der Waals surface area contributed by atoms with Gasteiger partial charge in [-0.15, -0.1) is 12.6 Å². The summed E-state index contributed by atoms with van der Waals surface area (Å²) in [6.07, 6.45) is -3.74. The molecule has 1 atom stereocenters. The topological polar surface area (TPSA) is 40.5 Å². The maximum absolute atomic E-state index is 12.5. The van der Waals surface area contributed by atoms with Gasteiger partial charge in [0.05, 0.1) is 10.6 Å². The van der Waals surface area contributed by atoms with Crippen molar-refractivity contribution < 1.29 is 13.2 Å². The molecule has 1 unspecified atom stereocenters. The van der Waals surface area contributed by atoms with Gasteiger partial charge in [-0.1, -0.05) is 11.6 Å². The Kier molecular flexibility index (Phi) is 3.33. The van der Waals surface area contributed by atoms with E-state index in [-0.39, 0.29) is 16.2 Å². The number of hydrogen-bond acceptors (Lipinski definition) is 5. The first-order valence-electron chi connectivity index (χ1n) is 4.78. The van der Waals surface area contributed by atoms with Gasteiger partial charge in [0.25, 0.3) is 0 Å². The summed E-state index contributed by atoms with van der Waals surface area (Å²) in [5.41, 5.74) is 1.57. The first kappa shape index (κ1) is 13.3. The standard InChI is InChI=1S/C9H8ClF3N4S/c1-17-7(15-16-8(17)18)6-5(10)2-4(3-14-6)9(11,12)13/h2-3,8,16,18H,1H3. The second kappa shape index (κ2) is 4.51. The number of nitrogens with one attached hydrogen (secondary N) is 1. The Balaban J connectivity index is 2.37. The van der Waals surface area contributed by atoms with Crippen molar-refractivity contribution in [1.82, 2.24) is 15.3 Å². The number of aromatic nitrogens is 1. The second-order valence-electron chi connectivity index (χ2n) is 3.60. The van der Waals surface area contributed by atoms with Crippen LogP contribution in [0.1, 0.15) is 11.3 Å². The van der Waals surface area contributed by atoms with Gasteiger partial charge in [-0.05, 0) is 6.07 Å². The maximum Gasteiger partial charge on any atom is 0.417 e. The van der Waals surface area contributed by atoms with E-state index in [4.69, 9.17) is 11.6 Å². The lowest BCUT2D eigenvalue weighted by Crippen LogP contribution is -2.33. The Morgan fingerprint density at radius 1 is 1.50 bits per heavy atom. The minimum absolute atomic E-state index is 0.111. The third-order valence-corrected chi connectivity index (χ3v) is 3.12. The van der Waals surface area contributed by atoms with Gasteiger partial charge < -0.3 is 4.90 Å². The summed E-state index contributed by atoms with van der Waals surface area (Å²) in [4.78, 5) is 5.31. The smallest absolute Gasteiger partial charge is 0.326 e. The third-order valence-electron chi connectivity index (χ3n) is 2.37. The number of pyridine rings is 1. The molecule has 1 aliphatic heterocycles. The van der Waals surface area contributed by atoms with Crippen molar-refractivity contribution in [2.45, 2.75) is 11.7 Å². The number of nitrogens with zero attached hydrogens (tertiary/aromatic N) is 3. The molecule has 18 heavy (non-hydrogen) atoms. The van der Waals surface area contributed by atoms with E-state index >= 15 is 0 Å². The molecule has 1 aromatic heterocycles. The van der Waals surface area contributed by atoms with Crippen molar-refractivity contribution in [1.29, 1.82) is 0 Å². The van der Waals surface area contributed by atoms with Gasteiger partial charge in [0, 0.05) is 13.2 Å². The van der Waals surface area contributed by atoms with E-state index < -0.39 is 11.7 Å². The molecule has 9 heteroatoms. The molecule has 1 N–H and O–H groups in total. The zero-order valence-corrected chi connectivity index (χ0v) is 10.7. The number of thiol groups is 1. The Morgan fingerprint density at radius 2 is 2.17 bits per heavy atom. The first-order valence-corrected chi connectivity index (χ1v) is 5.67. The minimum Gasteiger partial charge on any atom is -0.326 e. The van der Waals surface area contributed by atoms with Crippen LogP contribution in [0.3, 0.4) is 0 Å². The van der Waals surface area contributed by atoms with Crippen LogP contribution in [0, 0.1) is 0 Å². The number of halogens is 4. The average Bonchev–Trinajstić information content (AvgIpc) is 2.59. The number of rotatable bonds is 1. The van der Waals surface area contributed by atoms with Crippen molar-refractivity contribution in [2.24, 2.45) is 5.10 Å². The van der Waals surface area contributed by atoms with Crippen LogP contribution in [0.4, 0.5) is 13.2 Å². The van der Waals surface area contributed by atoms with Crippen LogP contribution >= 0.6 is 24.2 Å². The molecule has 1 aromatic rings. The molecule has 0 amide bonds. The molecule has 0 aliphatic carbocycles. The van der Waals surface area contributed by atoms with E-state index in [9.17, 15) is 13.2 Å². The Hall–Kier alpha value is -1.15. The van der Waals surface area contributed by atoms with E-state index in [0.717, 1.165) is 12.3 Å². The largest absolute Gasteiger partial charge is 0.417 e. The van der Waals surface area contributed by atoms with Crippen LogP contribution < -0.4 is 5.43 Å². The molecular weight excluding hydrogens is 289 g/mol. The van der Waals surface area contributed by atoms with Gasteiger partial charge in [0.15, 0.2) is 11.3 Å². The molecule has 0 aromatic carbocycles. The van der Waals surface area contributed by atoms with E-state index in [1.54, 1.807) is 11.9 Å². The van der Waals surface area contributed by atoms with Gasteiger partial charge in [0.2, 0.25) is 0 Å². The molecule has 1 aliphatic rings. The second-order valence-corrected chi connectivity index (χ2v) is 4.50. The molecule has 0 spiro atoms. The van der Waals surface area contributed by atoms with E-state index in [0.29, 0.717) is 5.84 Å². The summed E-state index contributed by atoms with van der Waals surface area (Å²) in [5, 5.41) is 3.80. The van der Waals surface area contributed by atoms with Crippen molar-refractivity contribution >= 4 is 30.1 Å². The zero-order valence-electron chi connectivity index (χ0n) is 9.03. The van der Waals surface area contributed by atoms with Crippen LogP contribution in [-0.4, -0.2) is 28.3 Å². The quantitative estimate of drug-likeness (QED) is 0.780. The Bertz CT molecular complexity index is 505. The fourth-order valence-corrected chi connectivity index (χ4v) is 1.80. The van der Waals surface area contributed by atoms with Gasteiger partial charge in [-0.2, -0.15) is 18.3 Å². The molecule has 2 heterocycles. The minimum atomic E-state index is -4.47. The van der Waals surface area contributed by atoms with Crippen molar-refractivity contribution in [3.63, 3.8) is 0 Å². The Labute approximate surface area is 111 Å². The summed E-state index contributed by atoms with van der Waals surface area (Å²) in [5.74, 6) is 0.341. The fourth-order valence-electron chi connectivity index (χ4n) is 1.38. The van der Waals surface area contributed by atoms with E-state index in [2.05, 4.69) is 28.1 Å². The number of alkyl halides is 3. The molecular formula is C9H8ClF3N4S. The monoisotopic (exact) mass is 296 g/mol. The average molecular weight is 297 g/mol. The molecule has 0 saturated heterocycles. The fraction of sp³-hybridized carbons (Fsp3) is 0.333. The maximum atomic E-state index is 12.5. The third kappa shape index (κ3) is 2.35. The first-order chi connectivity index (χ1) is 8.30. The lowest BCUT2D eigenvalue weighted by molar-refractivity contribution is -0.137. The van der Waals surface area contributed by atoms with Crippen molar-refractivity contribution in [3.05, 3.63) is 28.5 Å². The number of amidine groups is 1. The van der Waals surface area contributed by atoms with Crippen LogP contribution in [-0.2, 0) is 6.18 Å². The molecule has 0 bridgehead atoms. The number of hydrogen-bond donors (Lipinski definition) is 2. The highest BCUT2D eigenvalue weighted by atomic mass is 35.5. The van der Waals surface area contributed by atoms with Crippen molar-refractivity contribution in [2.75, 3.05) is 7.05 Å². The van der Waals surface area contributed by atoms with Gasteiger partial charge in [-0.3, -0.25) is 10.4 Å². The summed E-state index contributed by atoms with van der Waals surface area (Å²) in [7, 11) is 1.67. The van der Waals surface area contributed by atoms with Gasteiger partial charge in [-0.25, -0.2) is 0 Å². The van der Waals surface area contributed by atoms with Gasteiger partial charge >= 0.3 is 6.18 Å². The van der Waals surface area contributed by atoms with E-state index in [1.807, 2.05) is 0 Å². The van der Waals surface area contributed by atoms with Gasteiger partial charge in [0.1, 0.15) is 5.69 Å². The van der Waals surface area contributed by atoms with Crippen LogP contribution in [0.5, 0.6) is 0 Å². The van der Waals surface area contributed by atoms with Crippen LogP contribution in [0.2, 0.25) is 5.02 Å². The molecule has 98 valence electrons. The summed E-state index contributed by atoms with van der Waals surface area (Å²) < 4.78 is 37.4. The lowest BCUT2D eigenvalue weighted by atomic mass is 10.2. The summed E-state index contributed by atoms with van der Waals surface area (Å²) >= 11 is 9.95. The van der Waals surface area contributed by atoms with E-state index in [1.165, 1.54) is 0 Å².